The summed E-state index contributed by atoms with van der Waals surface area (Å²) in [6.45, 7) is 3.67. The van der Waals surface area contributed by atoms with Crippen LogP contribution in [0.25, 0.3) is 6.08 Å². The summed E-state index contributed by atoms with van der Waals surface area (Å²) in [5.74, 6) is -0.335. The SMILES string of the molecule is Cc1ccc(C)c(NC(=O)COc2ccc(/C=C3\SC(=S)N(c4cccc(C(F)(F)F)c4)C3=O)cc2)c1. The Hall–Kier alpha value is -3.63. The molecular weight excluding hydrogens is 521 g/mol. The second-order valence-corrected chi connectivity index (χ2v) is 9.97. The predicted octanol–water partition coefficient (Wildman–Crippen LogP) is 6.75. The average Bonchev–Trinajstić information content (AvgIpc) is 3.13. The lowest BCUT2D eigenvalue weighted by Gasteiger charge is -2.16. The number of nitrogens with zero attached hydrogens (tertiary/aromatic N) is 1. The van der Waals surface area contributed by atoms with Gasteiger partial charge in [0.25, 0.3) is 11.8 Å². The first-order valence-electron chi connectivity index (χ1n) is 11.1. The Kier molecular flexibility index (Phi) is 7.70. The number of nitrogens with one attached hydrogen (secondary N) is 1. The van der Waals surface area contributed by atoms with Gasteiger partial charge in [-0.05, 0) is 73.0 Å². The Bertz CT molecular complexity index is 1400. The summed E-state index contributed by atoms with van der Waals surface area (Å²) < 4.78 is 45.0. The molecule has 0 saturated carbocycles. The van der Waals surface area contributed by atoms with Crippen molar-refractivity contribution in [1.29, 1.82) is 0 Å². The third-order valence-corrected chi connectivity index (χ3v) is 6.74. The van der Waals surface area contributed by atoms with E-state index in [9.17, 15) is 22.8 Å². The van der Waals surface area contributed by atoms with Crippen LogP contribution in [-0.4, -0.2) is 22.7 Å². The molecule has 0 atom stereocenters. The van der Waals surface area contributed by atoms with Gasteiger partial charge in [-0.25, -0.2) is 0 Å². The third-order valence-electron chi connectivity index (χ3n) is 5.44. The van der Waals surface area contributed by atoms with Crippen molar-refractivity contribution in [3.05, 3.63) is 93.9 Å². The van der Waals surface area contributed by atoms with E-state index >= 15 is 0 Å². The molecule has 0 spiro atoms. The van der Waals surface area contributed by atoms with Crippen molar-refractivity contribution in [2.45, 2.75) is 20.0 Å². The summed E-state index contributed by atoms with van der Waals surface area (Å²) in [7, 11) is 0. The van der Waals surface area contributed by atoms with Crippen molar-refractivity contribution in [2.75, 3.05) is 16.8 Å². The normalized spacial score (nSPS) is 14.8. The fourth-order valence-electron chi connectivity index (χ4n) is 3.53. The van der Waals surface area contributed by atoms with Gasteiger partial charge in [0, 0.05) is 5.69 Å². The second-order valence-electron chi connectivity index (χ2n) is 8.29. The van der Waals surface area contributed by atoms with Gasteiger partial charge in [-0.1, -0.05) is 54.3 Å². The minimum atomic E-state index is -4.53. The van der Waals surface area contributed by atoms with Crippen LogP contribution in [0.1, 0.15) is 22.3 Å². The maximum absolute atomic E-state index is 13.1. The first kappa shape index (κ1) is 26.4. The molecule has 4 rings (SSSR count). The number of anilines is 2. The molecule has 0 unspecified atom stereocenters. The number of thioether (sulfide) groups is 1. The van der Waals surface area contributed by atoms with Crippen LogP contribution in [-0.2, 0) is 15.8 Å². The molecule has 0 bridgehead atoms. The summed E-state index contributed by atoms with van der Waals surface area (Å²) in [6.07, 6.45) is -2.93. The van der Waals surface area contributed by atoms with Crippen LogP contribution in [0.4, 0.5) is 24.5 Å². The molecule has 3 aromatic rings. The van der Waals surface area contributed by atoms with Crippen molar-refractivity contribution >= 4 is 57.6 Å². The average molecular weight is 543 g/mol. The summed E-state index contributed by atoms with van der Waals surface area (Å²) in [5, 5.41) is 2.83. The van der Waals surface area contributed by atoms with E-state index in [-0.39, 0.29) is 27.4 Å². The Balaban J connectivity index is 1.40. The summed E-state index contributed by atoms with van der Waals surface area (Å²) in [4.78, 5) is 26.6. The van der Waals surface area contributed by atoms with E-state index in [1.54, 1.807) is 30.3 Å². The molecule has 3 aromatic carbocycles. The number of hydrogen-bond donors (Lipinski definition) is 1. The van der Waals surface area contributed by atoms with Crippen LogP contribution >= 0.6 is 24.0 Å². The van der Waals surface area contributed by atoms with E-state index < -0.39 is 17.6 Å². The maximum Gasteiger partial charge on any atom is 0.416 e. The number of ether oxygens (including phenoxy) is 1. The number of aryl methyl sites for hydroxylation is 2. The van der Waals surface area contributed by atoms with Crippen molar-refractivity contribution in [2.24, 2.45) is 0 Å². The topological polar surface area (TPSA) is 58.6 Å². The van der Waals surface area contributed by atoms with Crippen LogP contribution in [0, 0.1) is 13.8 Å². The molecule has 1 saturated heterocycles. The molecule has 0 aromatic heterocycles. The molecule has 1 aliphatic rings. The van der Waals surface area contributed by atoms with Gasteiger partial charge in [0.15, 0.2) is 10.9 Å². The van der Waals surface area contributed by atoms with E-state index in [4.69, 9.17) is 17.0 Å². The van der Waals surface area contributed by atoms with E-state index in [0.717, 1.165) is 45.6 Å². The number of carbonyl (C=O) groups is 2. The number of carbonyl (C=O) groups excluding carboxylic acids is 2. The van der Waals surface area contributed by atoms with E-state index in [0.29, 0.717) is 11.3 Å². The zero-order valence-electron chi connectivity index (χ0n) is 19.8. The molecule has 0 radical (unpaired) electrons. The van der Waals surface area contributed by atoms with Crippen molar-refractivity contribution in [3.63, 3.8) is 0 Å². The quantitative estimate of drug-likeness (QED) is 0.276. The Morgan fingerprint density at radius 3 is 2.51 bits per heavy atom. The first-order chi connectivity index (χ1) is 17.5. The predicted molar refractivity (Wildman–Crippen MR) is 144 cm³/mol. The van der Waals surface area contributed by atoms with Crippen LogP contribution < -0.4 is 15.0 Å². The molecule has 1 aliphatic heterocycles. The fraction of sp³-hybridized carbons (Fsp3) is 0.148. The molecule has 1 fully saturated rings. The highest BCUT2D eigenvalue weighted by Gasteiger charge is 2.36. The van der Waals surface area contributed by atoms with Crippen LogP contribution in [0.5, 0.6) is 5.75 Å². The molecule has 2 amide bonds. The number of amides is 2. The van der Waals surface area contributed by atoms with Gasteiger partial charge < -0.3 is 10.1 Å². The van der Waals surface area contributed by atoms with Gasteiger partial charge in [-0.2, -0.15) is 13.2 Å². The lowest BCUT2D eigenvalue weighted by Crippen LogP contribution is -2.27. The summed E-state index contributed by atoms with van der Waals surface area (Å²) in [6, 6.07) is 17.0. The molecule has 10 heteroatoms. The number of rotatable bonds is 6. The second kappa shape index (κ2) is 10.8. The van der Waals surface area contributed by atoms with Gasteiger partial charge in [0.05, 0.1) is 16.2 Å². The third kappa shape index (κ3) is 6.39. The van der Waals surface area contributed by atoms with Crippen molar-refractivity contribution in [3.8, 4) is 5.75 Å². The molecule has 190 valence electrons. The van der Waals surface area contributed by atoms with Crippen molar-refractivity contribution in [1.82, 2.24) is 0 Å². The monoisotopic (exact) mass is 542 g/mol. The number of hydrogen-bond acceptors (Lipinski definition) is 5. The van der Waals surface area contributed by atoms with Crippen LogP contribution in [0.2, 0.25) is 0 Å². The Morgan fingerprint density at radius 1 is 1.08 bits per heavy atom. The molecule has 1 N–H and O–H groups in total. The lowest BCUT2D eigenvalue weighted by molar-refractivity contribution is -0.137. The van der Waals surface area contributed by atoms with Crippen LogP contribution in [0.15, 0.2) is 71.6 Å². The minimum absolute atomic E-state index is 0.0589. The Morgan fingerprint density at radius 2 is 1.81 bits per heavy atom. The smallest absolute Gasteiger partial charge is 0.416 e. The molecule has 37 heavy (non-hydrogen) atoms. The fourth-order valence-corrected chi connectivity index (χ4v) is 4.83. The molecule has 0 aliphatic carbocycles. The van der Waals surface area contributed by atoms with Crippen molar-refractivity contribution < 1.29 is 27.5 Å². The van der Waals surface area contributed by atoms with Crippen LogP contribution in [0.3, 0.4) is 0 Å². The number of halogens is 3. The van der Waals surface area contributed by atoms with E-state index in [1.165, 1.54) is 12.1 Å². The maximum atomic E-state index is 13.1. The largest absolute Gasteiger partial charge is 0.484 e. The van der Waals surface area contributed by atoms with Gasteiger partial charge in [0.1, 0.15) is 5.75 Å². The zero-order chi connectivity index (χ0) is 26.7. The summed E-state index contributed by atoms with van der Waals surface area (Å²) in [5.41, 5.74) is 2.57. The first-order valence-corrected chi connectivity index (χ1v) is 12.3. The van der Waals surface area contributed by atoms with E-state index in [2.05, 4.69) is 5.32 Å². The zero-order valence-corrected chi connectivity index (χ0v) is 21.4. The van der Waals surface area contributed by atoms with Gasteiger partial charge >= 0.3 is 6.18 Å². The van der Waals surface area contributed by atoms with Gasteiger partial charge in [-0.3, -0.25) is 14.5 Å². The number of benzene rings is 3. The molecular formula is C27H21F3N2O3S2. The highest BCUT2D eigenvalue weighted by Crippen LogP contribution is 2.38. The van der Waals surface area contributed by atoms with E-state index in [1.807, 2.05) is 32.0 Å². The van der Waals surface area contributed by atoms with Gasteiger partial charge in [0.2, 0.25) is 0 Å². The molecule has 1 heterocycles. The lowest BCUT2D eigenvalue weighted by atomic mass is 10.1. The number of thiocarbonyl (C=S) groups is 1. The standard InChI is InChI=1S/C27H21F3N2O3S2/c1-16-6-7-17(2)22(12-16)31-24(33)15-35-21-10-8-18(9-11-21)13-23-25(34)32(26(36)37-23)20-5-3-4-19(14-20)27(28,29)30/h3-14H,15H2,1-2H3,(H,31,33)/b23-13-. The summed E-state index contributed by atoms with van der Waals surface area (Å²) >= 11 is 6.27. The van der Waals surface area contributed by atoms with Gasteiger partial charge in [-0.15, -0.1) is 0 Å². The highest BCUT2D eigenvalue weighted by molar-refractivity contribution is 8.27. The Labute approximate surface area is 221 Å². The minimum Gasteiger partial charge on any atom is -0.484 e. The number of alkyl halides is 3. The highest BCUT2D eigenvalue weighted by atomic mass is 32.2. The molecule has 5 nitrogen and oxygen atoms in total.